The molecule has 5 heteroatoms. The molecule has 1 aliphatic carbocycles. The standard InChI is InChI=1S/C19H24N2O3/c22-18(21-10-12-24-13-11-21)14-15-6-8-17(9-7-15)20-19(23)16-4-2-1-3-5-16/h1-2,6-9,16H,3-5,10-14H2,(H,20,23)/t16-/m1/s1. The van der Waals surface area contributed by atoms with Crippen LogP contribution in [0.25, 0.3) is 0 Å². The minimum Gasteiger partial charge on any atom is -0.378 e. The van der Waals surface area contributed by atoms with Gasteiger partial charge in [0.2, 0.25) is 11.8 Å². The Kier molecular flexibility index (Phi) is 5.64. The van der Waals surface area contributed by atoms with Crippen molar-refractivity contribution in [1.29, 1.82) is 0 Å². The van der Waals surface area contributed by atoms with Gasteiger partial charge in [0.25, 0.3) is 0 Å². The highest BCUT2D eigenvalue weighted by Gasteiger charge is 2.19. The first kappa shape index (κ1) is 16.7. The number of amides is 2. The Bertz CT molecular complexity index is 604. The van der Waals surface area contributed by atoms with Gasteiger partial charge in [-0.3, -0.25) is 9.59 Å². The van der Waals surface area contributed by atoms with Gasteiger partial charge >= 0.3 is 0 Å². The molecular weight excluding hydrogens is 304 g/mol. The predicted octanol–water partition coefficient (Wildman–Crippen LogP) is 2.38. The quantitative estimate of drug-likeness (QED) is 0.864. The van der Waals surface area contributed by atoms with Crippen LogP contribution in [0, 0.1) is 5.92 Å². The average molecular weight is 328 g/mol. The highest BCUT2D eigenvalue weighted by molar-refractivity contribution is 5.92. The summed E-state index contributed by atoms with van der Waals surface area (Å²) in [6, 6.07) is 7.57. The van der Waals surface area contributed by atoms with Crippen molar-refractivity contribution in [2.75, 3.05) is 31.6 Å². The maximum atomic E-state index is 12.2. The van der Waals surface area contributed by atoms with Crippen molar-refractivity contribution < 1.29 is 14.3 Å². The van der Waals surface area contributed by atoms with Crippen molar-refractivity contribution in [3.05, 3.63) is 42.0 Å². The zero-order valence-corrected chi connectivity index (χ0v) is 13.9. The second-order valence-electron chi connectivity index (χ2n) is 6.34. The normalized spacial score (nSPS) is 20.7. The number of benzene rings is 1. The Labute approximate surface area is 142 Å². The number of nitrogens with one attached hydrogen (secondary N) is 1. The van der Waals surface area contributed by atoms with Crippen molar-refractivity contribution >= 4 is 17.5 Å². The van der Waals surface area contributed by atoms with E-state index < -0.39 is 0 Å². The molecule has 1 fully saturated rings. The van der Waals surface area contributed by atoms with Crippen molar-refractivity contribution in [1.82, 2.24) is 4.90 Å². The molecule has 2 aliphatic rings. The van der Waals surface area contributed by atoms with E-state index in [0.717, 1.165) is 30.5 Å². The summed E-state index contributed by atoms with van der Waals surface area (Å²) in [4.78, 5) is 26.3. The molecule has 0 radical (unpaired) electrons. The lowest BCUT2D eigenvalue weighted by molar-refractivity contribution is -0.134. The van der Waals surface area contributed by atoms with Gasteiger partial charge in [0, 0.05) is 24.7 Å². The van der Waals surface area contributed by atoms with Gasteiger partial charge in [0.05, 0.1) is 19.6 Å². The molecule has 1 aromatic carbocycles. The highest BCUT2D eigenvalue weighted by atomic mass is 16.5. The molecule has 1 atom stereocenters. The molecule has 0 spiro atoms. The Balaban J connectivity index is 1.52. The average Bonchev–Trinajstić information content (AvgIpc) is 2.65. The minimum atomic E-state index is 0.0672. The molecule has 1 N–H and O–H groups in total. The third-order valence-corrected chi connectivity index (χ3v) is 4.58. The summed E-state index contributed by atoms with van der Waals surface area (Å²) in [5, 5.41) is 2.97. The maximum Gasteiger partial charge on any atom is 0.227 e. The van der Waals surface area contributed by atoms with E-state index in [0.29, 0.717) is 32.7 Å². The third kappa shape index (κ3) is 4.45. The molecule has 1 saturated heterocycles. The number of carbonyl (C=O) groups excluding carboxylic acids is 2. The van der Waals surface area contributed by atoms with Crippen LogP contribution in [0.1, 0.15) is 24.8 Å². The lowest BCUT2D eigenvalue weighted by Gasteiger charge is -2.26. The van der Waals surface area contributed by atoms with Crippen LogP contribution in [0.15, 0.2) is 36.4 Å². The summed E-state index contributed by atoms with van der Waals surface area (Å²) < 4.78 is 5.26. The van der Waals surface area contributed by atoms with Crippen molar-refractivity contribution in [3.8, 4) is 0 Å². The van der Waals surface area contributed by atoms with Gasteiger partial charge in [-0.2, -0.15) is 0 Å². The van der Waals surface area contributed by atoms with Crippen LogP contribution in [0.2, 0.25) is 0 Å². The number of morpholine rings is 1. The predicted molar refractivity (Wildman–Crippen MR) is 92.7 cm³/mol. The Morgan fingerprint density at radius 2 is 1.88 bits per heavy atom. The molecular formula is C19H24N2O3. The topological polar surface area (TPSA) is 58.6 Å². The van der Waals surface area contributed by atoms with E-state index in [9.17, 15) is 9.59 Å². The SMILES string of the molecule is O=C(Nc1ccc(CC(=O)N2CCOCC2)cc1)[C@@H]1CC=CCC1. The van der Waals surface area contributed by atoms with E-state index >= 15 is 0 Å². The van der Waals surface area contributed by atoms with Gasteiger partial charge in [-0.1, -0.05) is 24.3 Å². The number of ether oxygens (including phenoxy) is 1. The van der Waals surface area contributed by atoms with E-state index in [-0.39, 0.29) is 17.7 Å². The second kappa shape index (κ2) is 8.11. The summed E-state index contributed by atoms with van der Waals surface area (Å²) in [5.41, 5.74) is 1.75. The van der Waals surface area contributed by atoms with Gasteiger partial charge in [-0.15, -0.1) is 0 Å². The van der Waals surface area contributed by atoms with Gasteiger partial charge in [0.15, 0.2) is 0 Å². The van der Waals surface area contributed by atoms with Gasteiger partial charge < -0.3 is 15.0 Å². The van der Waals surface area contributed by atoms with Gasteiger partial charge in [-0.25, -0.2) is 0 Å². The molecule has 0 aromatic heterocycles. The summed E-state index contributed by atoms with van der Waals surface area (Å²) in [6.45, 7) is 2.58. The molecule has 24 heavy (non-hydrogen) atoms. The number of nitrogens with zero attached hydrogens (tertiary/aromatic N) is 1. The lowest BCUT2D eigenvalue weighted by atomic mass is 9.93. The molecule has 1 aromatic rings. The van der Waals surface area contributed by atoms with Crippen molar-refractivity contribution in [3.63, 3.8) is 0 Å². The Morgan fingerprint density at radius 3 is 2.54 bits per heavy atom. The molecule has 0 unspecified atom stereocenters. The fraction of sp³-hybridized carbons (Fsp3) is 0.474. The Hall–Kier alpha value is -2.14. The van der Waals surface area contributed by atoms with Crippen LogP contribution in [-0.4, -0.2) is 43.0 Å². The summed E-state index contributed by atoms with van der Waals surface area (Å²) in [7, 11) is 0. The van der Waals surface area contributed by atoms with E-state index in [1.165, 1.54) is 0 Å². The van der Waals surface area contributed by atoms with Crippen molar-refractivity contribution in [2.24, 2.45) is 5.92 Å². The number of anilines is 1. The number of hydrogen-bond acceptors (Lipinski definition) is 3. The second-order valence-corrected chi connectivity index (χ2v) is 6.34. The van der Waals surface area contributed by atoms with Crippen LogP contribution in [-0.2, 0) is 20.7 Å². The third-order valence-electron chi connectivity index (χ3n) is 4.58. The molecule has 2 amide bonds. The first-order chi connectivity index (χ1) is 11.7. The summed E-state index contributed by atoms with van der Waals surface area (Å²) in [5.74, 6) is 0.276. The Morgan fingerprint density at radius 1 is 1.12 bits per heavy atom. The number of allylic oxidation sites excluding steroid dienone is 2. The molecule has 0 bridgehead atoms. The lowest BCUT2D eigenvalue weighted by Crippen LogP contribution is -2.41. The van der Waals surface area contributed by atoms with Gasteiger partial charge in [-0.05, 0) is 37.0 Å². The molecule has 128 valence electrons. The summed E-state index contributed by atoms with van der Waals surface area (Å²) in [6.07, 6.45) is 7.30. The van der Waals surface area contributed by atoms with Crippen LogP contribution in [0.3, 0.4) is 0 Å². The zero-order chi connectivity index (χ0) is 16.8. The highest BCUT2D eigenvalue weighted by Crippen LogP contribution is 2.20. The van der Waals surface area contributed by atoms with E-state index in [1.54, 1.807) is 0 Å². The molecule has 1 heterocycles. The molecule has 3 rings (SSSR count). The van der Waals surface area contributed by atoms with E-state index in [2.05, 4.69) is 17.5 Å². The largest absolute Gasteiger partial charge is 0.378 e. The summed E-state index contributed by atoms with van der Waals surface area (Å²) >= 11 is 0. The monoisotopic (exact) mass is 328 g/mol. The fourth-order valence-electron chi connectivity index (χ4n) is 3.08. The van der Waals surface area contributed by atoms with E-state index in [1.807, 2.05) is 29.2 Å². The number of hydrogen-bond donors (Lipinski definition) is 1. The molecule has 0 saturated carbocycles. The number of rotatable bonds is 4. The van der Waals surface area contributed by atoms with Crippen LogP contribution >= 0.6 is 0 Å². The van der Waals surface area contributed by atoms with E-state index in [4.69, 9.17) is 4.74 Å². The smallest absolute Gasteiger partial charge is 0.227 e. The first-order valence-corrected chi connectivity index (χ1v) is 8.63. The zero-order valence-electron chi connectivity index (χ0n) is 13.9. The van der Waals surface area contributed by atoms with Gasteiger partial charge in [0.1, 0.15) is 0 Å². The van der Waals surface area contributed by atoms with Crippen molar-refractivity contribution in [2.45, 2.75) is 25.7 Å². The number of carbonyl (C=O) groups is 2. The fourth-order valence-corrected chi connectivity index (χ4v) is 3.08. The maximum absolute atomic E-state index is 12.2. The first-order valence-electron chi connectivity index (χ1n) is 8.63. The minimum absolute atomic E-state index is 0.0672. The van der Waals surface area contributed by atoms with Crippen LogP contribution < -0.4 is 5.32 Å². The van der Waals surface area contributed by atoms with Crippen LogP contribution in [0.4, 0.5) is 5.69 Å². The molecule has 1 aliphatic heterocycles. The van der Waals surface area contributed by atoms with Crippen LogP contribution in [0.5, 0.6) is 0 Å². The molecule has 5 nitrogen and oxygen atoms in total.